The van der Waals surface area contributed by atoms with Crippen LogP contribution in [0, 0.1) is 0 Å². The van der Waals surface area contributed by atoms with E-state index in [2.05, 4.69) is 10.6 Å². The molecule has 4 rings (SSSR count). The number of carbonyl (C=O) groups excluding carboxylic acids is 3. The van der Waals surface area contributed by atoms with Gasteiger partial charge in [0.05, 0.1) is 6.61 Å². The molecule has 0 aliphatic carbocycles. The van der Waals surface area contributed by atoms with Crippen molar-refractivity contribution in [2.75, 3.05) is 11.9 Å². The molecule has 0 aromatic heterocycles. The maximum atomic E-state index is 13.0. The number of amides is 3. The van der Waals surface area contributed by atoms with Crippen LogP contribution in [0.4, 0.5) is 5.69 Å². The minimum absolute atomic E-state index is 0.0651. The summed E-state index contributed by atoms with van der Waals surface area (Å²) in [6, 6.07) is 12.1. The number of imide groups is 1. The van der Waals surface area contributed by atoms with Gasteiger partial charge >= 0.3 is 11.9 Å². The van der Waals surface area contributed by atoms with E-state index in [1.54, 1.807) is 17.6 Å². The van der Waals surface area contributed by atoms with Crippen LogP contribution >= 0.6 is 0 Å². The molecule has 0 saturated carbocycles. The van der Waals surface area contributed by atoms with E-state index in [1.807, 2.05) is 30.3 Å². The van der Waals surface area contributed by atoms with Gasteiger partial charge in [-0.2, -0.15) is 0 Å². The van der Waals surface area contributed by atoms with Gasteiger partial charge in [0.15, 0.2) is 0 Å². The van der Waals surface area contributed by atoms with Crippen molar-refractivity contribution in [2.45, 2.75) is 50.3 Å². The molecule has 1 saturated heterocycles. The lowest BCUT2D eigenvalue weighted by Gasteiger charge is -2.29. The molecule has 1 fully saturated rings. The van der Waals surface area contributed by atoms with E-state index in [0.717, 1.165) is 22.4 Å². The lowest BCUT2D eigenvalue weighted by atomic mass is 10.0. The van der Waals surface area contributed by atoms with E-state index >= 15 is 0 Å². The van der Waals surface area contributed by atoms with Crippen LogP contribution in [-0.4, -0.2) is 72.7 Å². The Kier molecular flexibility index (Phi) is 7.57. The van der Waals surface area contributed by atoms with Crippen LogP contribution in [0.15, 0.2) is 42.5 Å². The normalized spacial score (nSPS) is 18.1. The molecule has 198 valence electrons. The van der Waals surface area contributed by atoms with Gasteiger partial charge < -0.3 is 35.7 Å². The minimum Gasteiger partial charge on any atom is -0.381 e. The van der Waals surface area contributed by atoms with Gasteiger partial charge in [0, 0.05) is 36.3 Å². The molecule has 2 heterocycles. The van der Waals surface area contributed by atoms with Crippen molar-refractivity contribution in [3.05, 3.63) is 64.7 Å². The first kappa shape index (κ1) is 26.6. The molecule has 1 unspecified atom stereocenters. The van der Waals surface area contributed by atoms with E-state index < -0.39 is 23.8 Å². The average molecular weight is 517 g/mol. The van der Waals surface area contributed by atoms with Gasteiger partial charge in [0.25, 0.3) is 5.91 Å². The number of carbonyl (C=O) groups is 3. The lowest BCUT2D eigenvalue weighted by molar-refractivity contribution is -0.474. The Morgan fingerprint density at radius 2 is 1.70 bits per heavy atom. The smallest absolute Gasteiger partial charge is 0.351 e. The third-order valence-electron chi connectivity index (χ3n) is 6.26. The fourth-order valence-corrected chi connectivity index (χ4v) is 4.16. The molecule has 2 aromatic rings. The highest BCUT2D eigenvalue weighted by atomic mass is 16.8. The number of fused-ring (bicyclic) bond motifs is 1. The SMILES string of the molecule is O=C1CCC(N2Cc3c(NCc4ccc(CCONC(O)(O)C(O)(O)O)cc4)cccc3C2=O)C(=O)N1. The van der Waals surface area contributed by atoms with Crippen molar-refractivity contribution in [3.63, 3.8) is 0 Å². The molecule has 0 spiro atoms. The van der Waals surface area contributed by atoms with Crippen molar-refractivity contribution in [2.24, 2.45) is 0 Å². The number of nitrogens with zero attached hydrogens (tertiary/aromatic N) is 1. The fourth-order valence-electron chi connectivity index (χ4n) is 4.16. The monoisotopic (exact) mass is 516 g/mol. The molecule has 2 aliphatic heterocycles. The predicted octanol–water partition coefficient (Wildman–Crippen LogP) is -1.61. The van der Waals surface area contributed by atoms with Crippen LogP contribution in [0.2, 0.25) is 0 Å². The maximum Gasteiger partial charge on any atom is 0.351 e. The summed E-state index contributed by atoms with van der Waals surface area (Å²) < 4.78 is 0. The summed E-state index contributed by atoms with van der Waals surface area (Å²) in [5, 5.41) is 50.5. The molecule has 13 nitrogen and oxygen atoms in total. The molecule has 0 radical (unpaired) electrons. The Morgan fingerprint density at radius 3 is 2.38 bits per heavy atom. The standard InChI is InChI=1S/C24H28N4O9/c29-20-9-8-19(21(30)26-20)28-13-17-16(22(28)31)2-1-3-18(17)25-12-15-6-4-14(5-7-15)10-11-37-27-23(32,33)24(34,35)36/h1-7,19,25,27,32-36H,8-13H2,(H,26,29,30). The van der Waals surface area contributed by atoms with Gasteiger partial charge in [-0.3, -0.25) is 24.5 Å². The predicted molar refractivity (Wildman–Crippen MR) is 126 cm³/mol. The first-order valence-corrected chi connectivity index (χ1v) is 11.6. The molecule has 2 aliphatic rings. The zero-order valence-corrected chi connectivity index (χ0v) is 19.7. The summed E-state index contributed by atoms with van der Waals surface area (Å²) in [5.41, 5.74) is 5.44. The molecule has 13 heteroatoms. The van der Waals surface area contributed by atoms with Crippen LogP contribution in [0.3, 0.4) is 0 Å². The third kappa shape index (κ3) is 5.94. The summed E-state index contributed by atoms with van der Waals surface area (Å²) >= 11 is 0. The number of nitrogens with one attached hydrogen (secondary N) is 3. The largest absolute Gasteiger partial charge is 0.381 e. The average Bonchev–Trinajstić information content (AvgIpc) is 3.17. The Hall–Kier alpha value is -3.43. The van der Waals surface area contributed by atoms with Crippen LogP contribution in [0.1, 0.15) is 39.9 Å². The molecule has 37 heavy (non-hydrogen) atoms. The quantitative estimate of drug-likeness (QED) is 0.0782. The second-order valence-electron chi connectivity index (χ2n) is 8.91. The number of rotatable bonds is 10. The Bertz CT molecular complexity index is 1180. The first-order valence-electron chi connectivity index (χ1n) is 11.6. The van der Waals surface area contributed by atoms with E-state index in [-0.39, 0.29) is 31.4 Å². The lowest BCUT2D eigenvalue weighted by Crippen LogP contribution is -2.63. The molecule has 1 atom stereocenters. The highest BCUT2D eigenvalue weighted by molar-refractivity contribution is 6.06. The fraction of sp³-hybridized carbons (Fsp3) is 0.375. The molecule has 8 N–H and O–H groups in total. The summed E-state index contributed by atoms with van der Waals surface area (Å²) in [7, 11) is 0. The number of hydrogen-bond donors (Lipinski definition) is 8. The van der Waals surface area contributed by atoms with Crippen LogP contribution in [-0.2, 0) is 33.9 Å². The first-order chi connectivity index (χ1) is 17.5. The molecule has 3 amide bonds. The molecule has 0 bridgehead atoms. The number of benzene rings is 2. The number of aliphatic hydroxyl groups is 5. The van der Waals surface area contributed by atoms with Gasteiger partial charge in [-0.1, -0.05) is 30.3 Å². The van der Waals surface area contributed by atoms with E-state index in [0.29, 0.717) is 24.9 Å². The van der Waals surface area contributed by atoms with Crippen molar-refractivity contribution in [1.82, 2.24) is 15.7 Å². The number of hydrogen-bond acceptors (Lipinski definition) is 11. The molecule has 2 aromatic carbocycles. The van der Waals surface area contributed by atoms with Crippen LogP contribution in [0.5, 0.6) is 0 Å². The molecular formula is C24H28N4O9. The second-order valence-corrected chi connectivity index (χ2v) is 8.91. The zero-order chi connectivity index (χ0) is 26.8. The summed E-state index contributed by atoms with van der Waals surface area (Å²) in [4.78, 5) is 43.0. The van der Waals surface area contributed by atoms with Crippen molar-refractivity contribution >= 4 is 23.4 Å². The van der Waals surface area contributed by atoms with Gasteiger partial charge in [-0.15, -0.1) is 5.48 Å². The summed E-state index contributed by atoms with van der Waals surface area (Å²) in [6.07, 6.45) is 0.835. The molecular weight excluding hydrogens is 488 g/mol. The topological polar surface area (TPSA) is 201 Å². The van der Waals surface area contributed by atoms with Crippen molar-refractivity contribution < 1.29 is 44.8 Å². The summed E-state index contributed by atoms with van der Waals surface area (Å²) in [6.45, 7) is 0.665. The van der Waals surface area contributed by atoms with Gasteiger partial charge in [0.1, 0.15) is 6.04 Å². The number of piperidine rings is 1. The van der Waals surface area contributed by atoms with Gasteiger partial charge in [0.2, 0.25) is 11.8 Å². The van der Waals surface area contributed by atoms with E-state index in [1.165, 1.54) is 4.90 Å². The van der Waals surface area contributed by atoms with Crippen molar-refractivity contribution in [3.8, 4) is 0 Å². The second kappa shape index (κ2) is 10.5. The summed E-state index contributed by atoms with van der Waals surface area (Å²) in [5.74, 6) is -8.30. The number of anilines is 1. The Morgan fingerprint density at radius 1 is 1.00 bits per heavy atom. The number of hydroxylamine groups is 1. The van der Waals surface area contributed by atoms with Crippen molar-refractivity contribution in [1.29, 1.82) is 0 Å². The Labute approximate surface area is 211 Å². The van der Waals surface area contributed by atoms with Gasteiger partial charge in [-0.05, 0) is 36.1 Å². The van der Waals surface area contributed by atoms with Gasteiger partial charge in [-0.25, -0.2) is 0 Å². The highest BCUT2D eigenvalue weighted by Gasteiger charge is 2.47. The van der Waals surface area contributed by atoms with E-state index in [4.69, 9.17) is 20.2 Å². The van der Waals surface area contributed by atoms with Crippen LogP contribution < -0.4 is 16.1 Å². The van der Waals surface area contributed by atoms with E-state index in [9.17, 15) is 24.6 Å². The third-order valence-corrected chi connectivity index (χ3v) is 6.26. The van der Waals surface area contributed by atoms with Crippen LogP contribution in [0.25, 0.3) is 0 Å². The minimum atomic E-state index is -3.81. The Balaban J connectivity index is 1.31. The maximum absolute atomic E-state index is 13.0. The zero-order valence-electron chi connectivity index (χ0n) is 19.7. The highest BCUT2D eigenvalue weighted by Crippen LogP contribution is 2.32.